The highest BCUT2D eigenvalue weighted by atomic mass is 28.5. The predicted molar refractivity (Wildman–Crippen MR) is 172 cm³/mol. The van der Waals surface area contributed by atoms with Gasteiger partial charge in [0, 0.05) is 13.6 Å². The summed E-state index contributed by atoms with van der Waals surface area (Å²) < 4.78 is 19.3. The zero-order valence-corrected chi connectivity index (χ0v) is 29.5. The van der Waals surface area contributed by atoms with E-state index in [1.807, 2.05) is 7.05 Å². The SMILES string of the molecule is CNCCC[Si](C)(C)O[Si](C)(C)O[Si](C)(C)CCCN1C(=O)c2ccc(Oc3ccc4c(c3)C(=O)N(C)C4=O)cc2C1=O. The standard InChI is InChI=1S/C30H43N3O7Si3/c1-31-15-9-17-41(3,4)39-43(7,8)40-42(5,6)18-10-16-33-29(36)24-14-12-22(20-26(24)30(33)37)38-21-11-13-23-25(19-21)28(35)32(2)27(23)34/h11-14,19-20,31H,9-10,15-18H2,1-8H3. The summed E-state index contributed by atoms with van der Waals surface area (Å²) in [5.74, 6) is -0.699. The van der Waals surface area contributed by atoms with E-state index in [9.17, 15) is 19.2 Å². The molecule has 0 bridgehead atoms. The third-order valence-electron chi connectivity index (χ3n) is 7.65. The van der Waals surface area contributed by atoms with Crippen molar-refractivity contribution in [2.75, 3.05) is 27.2 Å². The number of amides is 4. The third kappa shape index (κ3) is 7.59. The Morgan fingerprint density at radius 3 is 1.70 bits per heavy atom. The van der Waals surface area contributed by atoms with Gasteiger partial charge in [-0.05, 0) is 114 Å². The number of carbonyl (C=O) groups is 4. The van der Waals surface area contributed by atoms with Gasteiger partial charge in [0.1, 0.15) is 11.5 Å². The lowest BCUT2D eigenvalue weighted by Crippen LogP contribution is -2.52. The van der Waals surface area contributed by atoms with Crippen LogP contribution >= 0.6 is 0 Å². The van der Waals surface area contributed by atoms with E-state index in [2.05, 4.69) is 44.6 Å². The Balaban J connectivity index is 1.34. The van der Waals surface area contributed by atoms with Crippen LogP contribution in [-0.4, -0.2) is 85.8 Å². The molecular weight excluding hydrogens is 599 g/mol. The van der Waals surface area contributed by atoms with Crippen LogP contribution in [-0.2, 0) is 8.23 Å². The molecule has 0 atom stereocenters. The van der Waals surface area contributed by atoms with Gasteiger partial charge >= 0.3 is 8.56 Å². The minimum Gasteiger partial charge on any atom is -0.457 e. The molecule has 0 unspecified atom stereocenters. The Kier molecular flexibility index (Phi) is 9.64. The number of ether oxygens (including phenoxy) is 1. The molecule has 0 spiro atoms. The van der Waals surface area contributed by atoms with E-state index in [1.165, 1.54) is 18.0 Å². The zero-order valence-electron chi connectivity index (χ0n) is 26.5. The van der Waals surface area contributed by atoms with Crippen LogP contribution in [0.25, 0.3) is 0 Å². The number of fused-ring (bicyclic) bond motifs is 2. The quantitative estimate of drug-likeness (QED) is 0.165. The minimum absolute atomic E-state index is 0.270. The van der Waals surface area contributed by atoms with Gasteiger partial charge in [-0.1, -0.05) is 0 Å². The molecule has 2 heterocycles. The smallest absolute Gasteiger partial charge is 0.311 e. The summed E-state index contributed by atoms with van der Waals surface area (Å²) in [5.41, 5.74) is 1.22. The van der Waals surface area contributed by atoms with Gasteiger partial charge < -0.3 is 18.3 Å². The van der Waals surface area contributed by atoms with Crippen LogP contribution in [0.4, 0.5) is 0 Å². The van der Waals surface area contributed by atoms with Crippen LogP contribution in [0, 0.1) is 0 Å². The maximum absolute atomic E-state index is 13.3. The minimum atomic E-state index is -2.35. The summed E-state index contributed by atoms with van der Waals surface area (Å²) >= 11 is 0. The van der Waals surface area contributed by atoms with Crippen molar-refractivity contribution in [3.63, 3.8) is 0 Å². The predicted octanol–water partition coefficient (Wildman–Crippen LogP) is 5.45. The number of carbonyl (C=O) groups excluding carboxylic acids is 4. The van der Waals surface area contributed by atoms with Crippen LogP contribution in [0.15, 0.2) is 36.4 Å². The summed E-state index contributed by atoms with van der Waals surface area (Å²) in [6, 6.07) is 11.3. The number of rotatable bonds is 14. The lowest BCUT2D eigenvalue weighted by atomic mass is 10.1. The molecular formula is C30H43N3O7Si3. The molecule has 0 radical (unpaired) electrons. The molecule has 1 N–H and O–H groups in total. The molecule has 4 rings (SSSR count). The van der Waals surface area contributed by atoms with Crippen molar-refractivity contribution in [1.29, 1.82) is 0 Å². The molecule has 2 aromatic carbocycles. The van der Waals surface area contributed by atoms with Gasteiger partial charge in [-0.2, -0.15) is 0 Å². The average molecular weight is 642 g/mol. The Morgan fingerprint density at radius 1 is 0.674 bits per heavy atom. The maximum atomic E-state index is 13.3. The highest BCUT2D eigenvalue weighted by Crippen LogP contribution is 2.33. The van der Waals surface area contributed by atoms with E-state index < -0.39 is 31.1 Å². The Bertz CT molecular complexity index is 1440. The van der Waals surface area contributed by atoms with Gasteiger partial charge in [-0.3, -0.25) is 29.0 Å². The Hall–Kier alpha value is -2.95. The average Bonchev–Trinajstić information content (AvgIpc) is 3.26. The van der Waals surface area contributed by atoms with Crippen molar-refractivity contribution >= 4 is 48.8 Å². The van der Waals surface area contributed by atoms with Gasteiger partial charge in [-0.15, -0.1) is 0 Å². The molecule has 2 aliphatic rings. The van der Waals surface area contributed by atoms with Gasteiger partial charge in [0.05, 0.1) is 22.3 Å². The first-order valence-corrected chi connectivity index (χ1v) is 23.8. The molecule has 0 saturated carbocycles. The van der Waals surface area contributed by atoms with Crippen molar-refractivity contribution < 1.29 is 32.1 Å². The van der Waals surface area contributed by atoms with E-state index in [1.54, 1.807) is 30.3 Å². The number of hydrogen-bond acceptors (Lipinski definition) is 8. The maximum Gasteiger partial charge on any atom is 0.311 e. The molecule has 10 nitrogen and oxygen atoms in total. The highest BCUT2D eigenvalue weighted by molar-refractivity contribution is 6.87. The largest absolute Gasteiger partial charge is 0.457 e. The van der Waals surface area contributed by atoms with E-state index in [4.69, 9.17) is 13.0 Å². The van der Waals surface area contributed by atoms with Gasteiger partial charge in [0.15, 0.2) is 16.6 Å². The number of nitrogens with zero attached hydrogens (tertiary/aromatic N) is 2. The molecule has 43 heavy (non-hydrogen) atoms. The second-order valence-electron chi connectivity index (χ2n) is 12.9. The Morgan fingerprint density at radius 2 is 1.14 bits per heavy atom. The number of imide groups is 2. The molecule has 0 aromatic heterocycles. The van der Waals surface area contributed by atoms with E-state index in [0.29, 0.717) is 35.6 Å². The molecule has 232 valence electrons. The lowest BCUT2D eigenvalue weighted by molar-refractivity contribution is 0.0648. The number of hydrogen-bond donors (Lipinski definition) is 1. The zero-order chi connectivity index (χ0) is 31.7. The molecule has 0 aliphatic carbocycles. The van der Waals surface area contributed by atoms with E-state index >= 15 is 0 Å². The first-order chi connectivity index (χ1) is 20.0. The van der Waals surface area contributed by atoms with Crippen LogP contribution in [0.1, 0.15) is 54.3 Å². The lowest BCUT2D eigenvalue weighted by Gasteiger charge is -2.39. The second-order valence-corrected chi connectivity index (χ2v) is 25.4. The summed E-state index contributed by atoms with van der Waals surface area (Å²) in [5, 5.41) is 3.20. The van der Waals surface area contributed by atoms with Crippen molar-refractivity contribution in [2.24, 2.45) is 0 Å². The van der Waals surface area contributed by atoms with Crippen molar-refractivity contribution in [2.45, 2.75) is 64.2 Å². The van der Waals surface area contributed by atoms with E-state index in [-0.39, 0.29) is 28.8 Å². The number of benzene rings is 2. The first-order valence-electron chi connectivity index (χ1n) is 14.7. The van der Waals surface area contributed by atoms with E-state index in [0.717, 1.165) is 30.0 Å². The summed E-state index contributed by atoms with van der Waals surface area (Å²) in [7, 11) is -2.91. The molecule has 4 amide bonds. The molecule has 2 aliphatic heterocycles. The third-order valence-corrected chi connectivity index (χ3v) is 19.1. The van der Waals surface area contributed by atoms with Crippen LogP contribution < -0.4 is 10.1 Å². The molecule has 2 aromatic rings. The van der Waals surface area contributed by atoms with Crippen molar-refractivity contribution in [3.05, 3.63) is 58.7 Å². The monoisotopic (exact) mass is 641 g/mol. The summed E-state index contributed by atoms with van der Waals surface area (Å²) in [4.78, 5) is 53.2. The van der Waals surface area contributed by atoms with Gasteiger partial charge in [0.25, 0.3) is 23.6 Å². The van der Waals surface area contributed by atoms with Crippen LogP contribution in [0.5, 0.6) is 11.5 Å². The topological polar surface area (TPSA) is 114 Å². The van der Waals surface area contributed by atoms with Gasteiger partial charge in [-0.25, -0.2) is 0 Å². The van der Waals surface area contributed by atoms with Crippen molar-refractivity contribution in [3.8, 4) is 11.5 Å². The Labute approximate surface area is 257 Å². The van der Waals surface area contributed by atoms with Crippen molar-refractivity contribution in [1.82, 2.24) is 15.1 Å². The molecule has 13 heteroatoms. The molecule has 0 fully saturated rings. The summed E-state index contributed by atoms with van der Waals surface area (Å²) in [6.07, 6.45) is 1.74. The number of nitrogens with one attached hydrogen (secondary N) is 1. The second kappa shape index (κ2) is 12.6. The van der Waals surface area contributed by atoms with Crippen LogP contribution in [0.2, 0.25) is 51.4 Å². The normalized spacial score (nSPS) is 15.4. The fraction of sp³-hybridized carbons (Fsp3) is 0.467. The fourth-order valence-corrected chi connectivity index (χ4v) is 19.9. The molecule has 0 saturated heterocycles. The van der Waals surface area contributed by atoms with Gasteiger partial charge in [0.2, 0.25) is 0 Å². The summed E-state index contributed by atoms with van der Waals surface area (Å²) in [6.45, 7) is 14.4. The fourth-order valence-electron chi connectivity index (χ4n) is 5.88. The highest BCUT2D eigenvalue weighted by Gasteiger charge is 2.40. The first kappa shape index (κ1) is 33.0. The van der Waals surface area contributed by atoms with Crippen LogP contribution in [0.3, 0.4) is 0 Å².